The van der Waals surface area contributed by atoms with E-state index >= 15 is 0 Å². The van der Waals surface area contributed by atoms with Crippen LogP contribution < -0.4 is 5.32 Å². The number of hydrogen-bond acceptors (Lipinski definition) is 4. The molecule has 2 aromatic carbocycles. The Kier molecular flexibility index (Phi) is 5.71. The third-order valence-corrected chi connectivity index (χ3v) is 4.98. The Morgan fingerprint density at radius 2 is 1.93 bits per heavy atom. The topological polar surface area (TPSA) is 73.0 Å². The zero-order valence-electron chi connectivity index (χ0n) is 15.5. The van der Waals surface area contributed by atoms with Gasteiger partial charge in [0.05, 0.1) is 4.47 Å². The molecule has 2 aromatic heterocycles. The van der Waals surface area contributed by atoms with Crippen molar-refractivity contribution in [1.82, 2.24) is 20.0 Å². The summed E-state index contributed by atoms with van der Waals surface area (Å²) in [6.07, 6.45) is 1.73. The fraction of sp³-hybridized carbons (Fsp3) is 0.0952. The Labute approximate surface area is 178 Å². The van der Waals surface area contributed by atoms with Gasteiger partial charge in [0.25, 0.3) is 5.89 Å². The first-order valence-electron chi connectivity index (χ1n) is 8.95. The van der Waals surface area contributed by atoms with Crippen LogP contribution in [0, 0.1) is 11.6 Å². The fourth-order valence-electron chi connectivity index (χ4n) is 2.84. The molecule has 0 radical (unpaired) electrons. The number of nitrogens with zero attached hydrogens (tertiary/aromatic N) is 3. The van der Waals surface area contributed by atoms with Crippen LogP contribution in [0.3, 0.4) is 0 Å². The highest BCUT2D eigenvalue weighted by atomic mass is 79.9. The fourth-order valence-corrected chi connectivity index (χ4v) is 3.22. The average Bonchev–Trinajstić information content (AvgIpc) is 3.39. The van der Waals surface area contributed by atoms with E-state index in [2.05, 4.69) is 31.4 Å². The SMILES string of the molecule is O=C(Cn1cccc1-c1nc(-c2ccc(F)c(Br)c2)no1)NCc1ccc(F)cc1. The minimum Gasteiger partial charge on any atom is -0.350 e. The molecule has 0 atom stereocenters. The largest absolute Gasteiger partial charge is 0.350 e. The van der Waals surface area contributed by atoms with Crippen LogP contribution in [0.2, 0.25) is 0 Å². The van der Waals surface area contributed by atoms with Crippen molar-refractivity contribution in [1.29, 1.82) is 0 Å². The Balaban J connectivity index is 1.45. The second-order valence-electron chi connectivity index (χ2n) is 6.48. The minimum atomic E-state index is -0.386. The van der Waals surface area contributed by atoms with Crippen molar-refractivity contribution in [2.45, 2.75) is 13.1 Å². The van der Waals surface area contributed by atoms with E-state index in [0.717, 1.165) is 5.56 Å². The van der Waals surface area contributed by atoms with Crippen molar-refractivity contribution in [3.05, 3.63) is 82.5 Å². The van der Waals surface area contributed by atoms with Gasteiger partial charge >= 0.3 is 0 Å². The summed E-state index contributed by atoms with van der Waals surface area (Å²) in [5.41, 5.74) is 1.96. The van der Waals surface area contributed by atoms with E-state index in [1.165, 1.54) is 18.2 Å². The number of carbonyl (C=O) groups excluding carboxylic acids is 1. The normalized spacial score (nSPS) is 10.9. The van der Waals surface area contributed by atoms with Gasteiger partial charge in [-0.3, -0.25) is 4.79 Å². The summed E-state index contributed by atoms with van der Waals surface area (Å²) in [5.74, 6) is -0.392. The molecule has 152 valence electrons. The number of amides is 1. The molecule has 1 N–H and O–H groups in total. The van der Waals surface area contributed by atoms with Gasteiger partial charge in [0.1, 0.15) is 23.9 Å². The number of halogens is 3. The van der Waals surface area contributed by atoms with Gasteiger partial charge in [0.2, 0.25) is 11.7 Å². The first-order valence-corrected chi connectivity index (χ1v) is 9.75. The van der Waals surface area contributed by atoms with Crippen LogP contribution in [-0.4, -0.2) is 20.6 Å². The summed E-state index contributed by atoms with van der Waals surface area (Å²) in [7, 11) is 0. The second-order valence-corrected chi connectivity index (χ2v) is 7.33. The Bertz CT molecular complexity index is 1190. The van der Waals surface area contributed by atoms with E-state index in [-0.39, 0.29) is 30.0 Å². The monoisotopic (exact) mass is 472 g/mol. The maximum Gasteiger partial charge on any atom is 0.274 e. The summed E-state index contributed by atoms with van der Waals surface area (Å²) in [5, 5.41) is 6.73. The smallest absolute Gasteiger partial charge is 0.274 e. The first-order chi connectivity index (χ1) is 14.5. The van der Waals surface area contributed by atoms with Crippen LogP contribution in [0.25, 0.3) is 23.0 Å². The average molecular weight is 473 g/mol. The number of aromatic nitrogens is 3. The van der Waals surface area contributed by atoms with Crippen LogP contribution in [0.15, 0.2) is 69.8 Å². The van der Waals surface area contributed by atoms with Crippen LogP contribution in [-0.2, 0) is 17.9 Å². The van der Waals surface area contributed by atoms with Gasteiger partial charge in [-0.25, -0.2) is 8.78 Å². The summed E-state index contributed by atoms with van der Waals surface area (Å²) in [6.45, 7) is 0.337. The molecule has 30 heavy (non-hydrogen) atoms. The standard InChI is InChI=1S/C21H15BrF2N4O2/c22-16-10-14(5-8-17(16)24)20-26-21(30-27-20)18-2-1-9-28(18)12-19(29)25-11-13-3-6-15(23)7-4-13/h1-10H,11-12H2,(H,25,29). The number of benzene rings is 2. The summed E-state index contributed by atoms with van der Waals surface area (Å²) in [4.78, 5) is 16.7. The number of rotatable bonds is 6. The van der Waals surface area contributed by atoms with E-state index in [4.69, 9.17) is 4.52 Å². The lowest BCUT2D eigenvalue weighted by molar-refractivity contribution is -0.121. The van der Waals surface area contributed by atoms with E-state index in [0.29, 0.717) is 28.1 Å². The number of nitrogens with one attached hydrogen (secondary N) is 1. The van der Waals surface area contributed by atoms with Crippen LogP contribution in [0.1, 0.15) is 5.56 Å². The predicted molar refractivity (Wildman–Crippen MR) is 109 cm³/mol. The maximum absolute atomic E-state index is 13.4. The molecular formula is C21H15BrF2N4O2. The molecule has 9 heteroatoms. The molecule has 4 rings (SSSR count). The maximum atomic E-state index is 13.4. The van der Waals surface area contributed by atoms with Crippen molar-refractivity contribution < 1.29 is 18.1 Å². The quantitative estimate of drug-likeness (QED) is 0.446. The van der Waals surface area contributed by atoms with Gasteiger partial charge in [-0.2, -0.15) is 4.98 Å². The van der Waals surface area contributed by atoms with Crippen molar-refractivity contribution in [2.75, 3.05) is 0 Å². The van der Waals surface area contributed by atoms with Gasteiger partial charge in [-0.1, -0.05) is 17.3 Å². The molecule has 0 bridgehead atoms. The Hall–Kier alpha value is -3.33. The van der Waals surface area contributed by atoms with Gasteiger partial charge in [-0.05, 0) is 64.0 Å². The lowest BCUT2D eigenvalue weighted by Crippen LogP contribution is -2.27. The lowest BCUT2D eigenvalue weighted by atomic mass is 10.2. The van der Waals surface area contributed by atoms with E-state index < -0.39 is 0 Å². The van der Waals surface area contributed by atoms with Crippen molar-refractivity contribution in [3.8, 4) is 23.0 Å². The van der Waals surface area contributed by atoms with Crippen LogP contribution in [0.5, 0.6) is 0 Å². The zero-order valence-corrected chi connectivity index (χ0v) is 17.1. The van der Waals surface area contributed by atoms with Gasteiger partial charge in [-0.15, -0.1) is 0 Å². The van der Waals surface area contributed by atoms with Crippen molar-refractivity contribution >= 4 is 21.8 Å². The predicted octanol–water partition coefficient (Wildman–Crippen LogP) is 4.56. The molecule has 0 aliphatic rings. The third-order valence-electron chi connectivity index (χ3n) is 4.37. The van der Waals surface area contributed by atoms with Crippen LogP contribution >= 0.6 is 15.9 Å². The molecular weight excluding hydrogens is 458 g/mol. The highest BCUT2D eigenvalue weighted by molar-refractivity contribution is 9.10. The highest BCUT2D eigenvalue weighted by Gasteiger charge is 2.16. The van der Waals surface area contributed by atoms with Crippen molar-refractivity contribution in [3.63, 3.8) is 0 Å². The van der Waals surface area contributed by atoms with E-state index in [1.807, 2.05) is 0 Å². The van der Waals surface area contributed by atoms with E-state index in [9.17, 15) is 13.6 Å². The van der Waals surface area contributed by atoms with E-state index in [1.54, 1.807) is 47.2 Å². The zero-order chi connectivity index (χ0) is 21.1. The molecule has 0 spiro atoms. The summed E-state index contributed by atoms with van der Waals surface area (Å²) in [6, 6.07) is 13.9. The summed E-state index contributed by atoms with van der Waals surface area (Å²) >= 11 is 3.13. The Morgan fingerprint density at radius 3 is 2.70 bits per heavy atom. The minimum absolute atomic E-state index is 0.0450. The molecule has 4 aromatic rings. The highest BCUT2D eigenvalue weighted by Crippen LogP contribution is 2.26. The third kappa shape index (κ3) is 4.46. The molecule has 0 unspecified atom stereocenters. The van der Waals surface area contributed by atoms with Gasteiger partial charge in [0, 0.05) is 18.3 Å². The molecule has 0 aliphatic heterocycles. The molecule has 2 heterocycles. The van der Waals surface area contributed by atoms with Crippen molar-refractivity contribution in [2.24, 2.45) is 0 Å². The second kappa shape index (κ2) is 8.58. The number of hydrogen-bond donors (Lipinski definition) is 1. The molecule has 1 amide bonds. The molecule has 0 fully saturated rings. The first kappa shape index (κ1) is 20.0. The lowest BCUT2D eigenvalue weighted by Gasteiger charge is -2.08. The summed E-state index contributed by atoms with van der Waals surface area (Å²) < 4.78 is 33.7. The molecule has 0 saturated carbocycles. The molecule has 6 nitrogen and oxygen atoms in total. The van der Waals surface area contributed by atoms with Gasteiger partial charge in [0.15, 0.2) is 0 Å². The molecule has 0 aliphatic carbocycles. The number of carbonyl (C=O) groups is 1. The van der Waals surface area contributed by atoms with Crippen LogP contribution in [0.4, 0.5) is 8.78 Å². The Morgan fingerprint density at radius 1 is 1.13 bits per heavy atom. The van der Waals surface area contributed by atoms with Gasteiger partial charge < -0.3 is 14.4 Å². The molecule has 0 saturated heterocycles.